The summed E-state index contributed by atoms with van der Waals surface area (Å²) in [6, 6.07) is 7.55. The van der Waals surface area contributed by atoms with Crippen LogP contribution in [0.3, 0.4) is 0 Å². The molecule has 0 aliphatic carbocycles. The van der Waals surface area contributed by atoms with Crippen LogP contribution in [0.5, 0.6) is 0 Å². The third kappa shape index (κ3) is 1.65. The van der Waals surface area contributed by atoms with Crippen LogP contribution in [0.2, 0.25) is 0 Å². The molecule has 0 fully saturated rings. The second-order valence-electron chi connectivity index (χ2n) is 3.77. The second-order valence-corrected chi connectivity index (χ2v) is 3.77. The lowest BCUT2D eigenvalue weighted by atomic mass is 10.0. The topological polar surface area (TPSA) is 39.2 Å². The van der Waals surface area contributed by atoms with Gasteiger partial charge in [0.1, 0.15) is 0 Å². The van der Waals surface area contributed by atoms with Crippen molar-refractivity contribution in [2.75, 3.05) is 7.11 Å². The van der Waals surface area contributed by atoms with Gasteiger partial charge in [-0.3, -0.25) is 4.98 Å². The summed E-state index contributed by atoms with van der Waals surface area (Å²) in [5.74, 6) is -0.318. The summed E-state index contributed by atoms with van der Waals surface area (Å²) in [6.07, 6.45) is 0. The van der Waals surface area contributed by atoms with Crippen molar-refractivity contribution >= 4 is 16.9 Å². The molecule has 1 aromatic heterocycles. The summed E-state index contributed by atoms with van der Waals surface area (Å²) in [5.41, 5.74) is 3.32. The highest BCUT2D eigenvalue weighted by atomic mass is 16.5. The number of benzene rings is 1. The van der Waals surface area contributed by atoms with E-state index in [1.54, 1.807) is 6.07 Å². The number of para-hydroxylation sites is 1. The molecule has 82 valence electrons. The first-order chi connectivity index (χ1) is 7.63. The van der Waals surface area contributed by atoms with Gasteiger partial charge in [0.2, 0.25) is 0 Å². The average molecular weight is 215 g/mol. The maximum absolute atomic E-state index is 11.6. The van der Waals surface area contributed by atoms with Gasteiger partial charge in [0, 0.05) is 11.1 Å². The van der Waals surface area contributed by atoms with Crippen molar-refractivity contribution in [3.8, 4) is 0 Å². The Hall–Kier alpha value is -1.90. The van der Waals surface area contributed by atoms with E-state index in [1.165, 1.54) is 7.11 Å². The molecular weight excluding hydrogens is 202 g/mol. The van der Waals surface area contributed by atoms with Crippen LogP contribution >= 0.6 is 0 Å². The molecule has 0 radical (unpaired) electrons. The predicted molar refractivity (Wildman–Crippen MR) is 62.6 cm³/mol. The maximum atomic E-state index is 11.6. The van der Waals surface area contributed by atoms with Crippen LogP contribution in [0.4, 0.5) is 0 Å². The number of aryl methyl sites for hydroxylation is 2. The van der Waals surface area contributed by atoms with Gasteiger partial charge in [0.15, 0.2) is 0 Å². The fourth-order valence-corrected chi connectivity index (χ4v) is 1.80. The lowest BCUT2D eigenvalue weighted by molar-refractivity contribution is 0.0603. The molecule has 0 spiro atoms. The Morgan fingerprint density at radius 2 is 2.06 bits per heavy atom. The number of carbonyl (C=O) groups excluding carboxylic acids is 1. The van der Waals surface area contributed by atoms with Gasteiger partial charge in [-0.15, -0.1) is 0 Å². The molecule has 2 aromatic rings. The molecule has 0 N–H and O–H groups in total. The standard InChI is InChI=1S/C13H13NO2/c1-8-5-4-6-10-11(13(15)16-3)7-9(2)14-12(8)10/h4-7H,1-3H3. The summed E-state index contributed by atoms with van der Waals surface area (Å²) < 4.78 is 4.77. The molecule has 3 heteroatoms. The molecule has 0 saturated carbocycles. The maximum Gasteiger partial charge on any atom is 0.338 e. The third-order valence-corrected chi connectivity index (χ3v) is 2.57. The smallest absolute Gasteiger partial charge is 0.338 e. The van der Waals surface area contributed by atoms with Gasteiger partial charge in [0.25, 0.3) is 0 Å². The van der Waals surface area contributed by atoms with Gasteiger partial charge in [0.05, 0.1) is 18.2 Å². The summed E-state index contributed by atoms with van der Waals surface area (Å²) >= 11 is 0. The number of ether oxygens (including phenoxy) is 1. The van der Waals surface area contributed by atoms with Gasteiger partial charge < -0.3 is 4.74 Å². The molecule has 2 rings (SSSR count). The summed E-state index contributed by atoms with van der Waals surface area (Å²) in [5, 5.41) is 0.845. The molecule has 1 heterocycles. The molecule has 0 atom stereocenters. The highest BCUT2D eigenvalue weighted by Crippen LogP contribution is 2.21. The highest BCUT2D eigenvalue weighted by molar-refractivity contribution is 6.04. The molecule has 16 heavy (non-hydrogen) atoms. The number of fused-ring (bicyclic) bond motifs is 1. The quantitative estimate of drug-likeness (QED) is 0.686. The van der Waals surface area contributed by atoms with Crippen molar-refractivity contribution in [2.24, 2.45) is 0 Å². The van der Waals surface area contributed by atoms with Gasteiger partial charge >= 0.3 is 5.97 Å². The Morgan fingerprint density at radius 3 is 2.75 bits per heavy atom. The minimum absolute atomic E-state index is 0.318. The van der Waals surface area contributed by atoms with Crippen LogP contribution in [-0.4, -0.2) is 18.1 Å². The molecule has 0 amide bonds. The minimum Gasteiger partial charge on any atom is -0.465 e. The Kier molecular flexibility index (Phi) is 2.60. The van der Waals surface area contributed by atoms with Crippen LogP contribution in [0.15, 0.2) is 24.3 Å². The van der Waals surface area contributed by atoms with Crippen LogP contribution in [0.25, 0.3) is 10.9 Å². The van der Waals surface area contributed by atoms with Crippen LogP contribution in [0.1, 0.15) is 21.6 Å². The van der Waals surface area contributed by atoms with E-state index in [4.69, 9.17) is 4.74 Å². The van der Waals surface area contributed by atoms with Crippen molar-refractivity contribution in [3.05, 3.63) is 41.1 Å². The van der Waals surface area contributed by atoms with Crippen LogP contribution in [0, 0.1) is 13.8 Å². The first-order valence-electron chi connectivity index (χ1n) is 5.09. The van der Waals surface area contributed by atoms with E-state index < -0.39 is 0 Å². The van der Waals surface area contributed by atoms with Crippen LogP contribution < -0.4 is 0 Å². The minimum atomic E-state index is -0.318. The number of esters is 1. The number of aromatic nitrogens is 1. The zero-order chi connectivity index (χ0) is 11.7. The van der Waals surface area contributed by atoms with Crippen molar-refractivity contribution in [1.29, 1.82) is 0 Å². The molecule has 0 aliphatic rings. The third-order valence-electron chi connectivity index (χ3n) is 2.57. The molecule has 0 unspecified atom stereocenters. The average Bonchev–Trinajstić information content (AvgIpc) is 2.28. The normalized spacial score (nSPS) is 10.4. The van der Waals surface area contributed by atoms with E-state index in [0.717, 1.165) is 22.2 Å². The Labute approximate surface area is 94.1 Å². The Bertz CT molecular complexity index is 561. The molecule has 0 saturated heterocycles. The number of methoxy groups -OCH3 is 1. The molecule has 0 bridgehead atoms. The fourth-order valence-electron chi connectivity index (χ4n) is 1.80. The van der Waals surface area contributed by atoms with Crippen LogP contribution in [-0.2, 0) is 4.74 Å². The van der Waals surface area contributed by atoms with E-state index in [1.807, 2.05) is 32.0 Å². The number of carbonyl (C=O) groups is 1. The van der Waals surface area contributed by atoms with E-state index in [9.17, 15) is 4.79 Å². The fraction of sp³-hybridized carbons (Fsp3) is 0.231. The lowest BCUT2D eigenvalue weighted by Crippen LogP contribution is -2.04. The second kappa shape index (κ2) is 3.93. The molecular formula is C13H13NO2. The summed E-state index contributed by atoms with van der Waals surface area (Å²) in [7, 11) is 1.39. The van der Waals surface area contributed by atoms with Crippen molar-refractivity contribution < 1.29 is 9.53 Å². The summed E-state index contributed by atoms with van der Waals surface area (Å²) in [4.78, 5) is 16.1. The zero-order valence-electron chi connectivity index (χ0n) is 9.57. The van der Waals surface area contributed by atoms with Gasteiger partial charge in [-0.1, -0.05) is 18.2 Å². The zero-order valence-corrected chi connectivity index (χ0v) is 9.57. The van der Waals surface area contributed by atoms with E-state index in [0.29, 0.717) is 5.56 Å². The van der Waals surface area contributed by atoms with Gasteiger partial charge in [-0.05, 0) is 25.5 Å². The highest BCUT2D eigenvalue weighted by Gasteiger charge is 2.12. The molecule has 0 aliphatic heterocycles. The lowest BCUT2D eigenvalue weighted by Gasteiger charge is -2.07. The first kappa shape index (κ1) is 10.6. The Balaban J connectivity index is 2.83. The van der Waals surface area contributed by atoms with E-state index in [-0.39, 0.29) is 5.97 Å². The van der Waals surface area contributed by atoms with Gasteiger partial charge in [-0.25, -0.2) is 4.79 Å². The van der Waals surface area contributed by atoms with Crippen molar-refractivity contribution in [3.63, 3.8) is 0 Å². The van der Waals surface area contributed by atoms with Gasteiger partial charge in [-0.2, -0.15) is 0 Å². The Morgan fingerprint density at radius 1 is 1.31 bits per heavy atom. The first-order valence-corrected chi connectivity index (χ1v) is 5.09. The summed E-state index contributed by atoms with van der Waals surface area (Å²) in [6.45, 7) is 3.86. The van der Waals surface area contributed by atoms with E-state index >= 15 is 0 Å². The number of rotatable bonds is 1. The van der Waals surface area contributed by atoms with Crippen molar-refractivity contribution in [1.82, 2.24) is 4.98 Å². The number of hydrogen-bond donors (Lipinski definition) is 0. The molecule has 3 nitrogen and oxygen atoms in total. The number of hydrogen-bond acceptors (Lipinski definition) is 3. The largest absolute Gasteiger partial charge is 0.465 e. The monoisotopic (exact) mass is 215 g/mol. The van der Waals surface area contributed by atoms with Crippen molar-refractivity contribution in [2.45, 2.75) is 13.8 Å². The number of pyridine rings is 1. The predicted octanol–water partition coefficient (Wildman–Crippen LogP) is 2.64. The number of nitrogens with zero attached hydrogens (tertiary/aromatic N) is 1. The molecule has 1 aromatic carbocycles. The van der Waals surface area contributed by atoms with E-state index in [2.05, 4.69) is 4.98 Å². The SMILES string of the molecule is COC(=O)c1cc(C)nc2c(C)cccc12.